The van der Waals surface area contributed by atoms with E-state index < -0.39 is 0 Å². The van der Waals surface area contributed by atoms with E-state index in [0.29, 0.717) is 29.3 Å². The molecule has 0 amide bonds. The van der Waals surface area contributed by atoms with Gasteiger partial charge in [-0.1, -0.05) is 40.7 Å². The van der Waals surface area contributed by atoms with Gasteiger partial charge in [-0.15, -0.1) is 0 Å². The van der Waals surface area contributed by atoms with E-state index in [1.54, 1.807) is 11.8 Å². The first-order valence-corrected chi connectivity index (χ1v) is 8.67. The van der Waals surface area contributed by atoms with Crippen molar-refractivity contribution < 1.29 is 4.52 Å². The number of aliphatic imine (C=N–C) groups is 1. The van der Waals surface area contributed by atoms with Gasteiger partial charge in [-0.2, -0.15) is 4.98 Å². The molecule has 0 atom stereocenters. The van der Waals surface area contributed by atoms with E-state index in [2.05, 4.69) is 15.1 Å². The second-order valence-electron chi connectivity index (χ2n) is 5.23. The van der Waals surface area contributed by atoms with Crippen LogP contribution in [0.1, 0.15) is 18.7 Å². The van der Waals surface area contributed by atoms with E-state index in [4.69, 9.17) is 16.1 Å². The summed E-state index contributed by atoms with van der Waals surface area (Å²) in [6, 6.07) is 7.91. The van der Waals surface area contributed by atoms with Gasteiger partial charge in [0.1, 0.15) is 0 Å². The normalized spacial score (nSPS) is 15.1. The summed E-state index contributed by atoms with van der Waals surface area (Å²) in [7, 11) is 1.99. The molecule has 0 bridgehead atoms. The standard InChI is InChI=1S/C15H17ClN4OS/c1-20(15(22-2)17-12-6-7-12)9-13-18-14(19-21-13)10-4-3-5-11(16)8-10/h3-5,8,12H,6-7,9H2,1-2H3/b17-15+. The number of halogens is 1. The van der Waals surface area contributed by atoms with E-state index in [-0.39, 0.29) is 0 Å². The van der Waals surface area contributed by atoms with Gasteiger partial charge in [-0.05, 0) is 31.2 Å². The minimum atomic E-state index is 0.495. The Hall–Kier alpha value is -1.53. The third kappa shape index (κ3) is 3.81. The molecule has 2 aromatic rings. The lowest BCUT2D eigenvalue weighted by atomic mass is 10.2. The maximum absolute atomic E-state index is 5.99. The van der Waals surface area contributed by atoms with E-state index >= 15 is 0 Å². The van der Waals surface area contributed by atoms with Gasteiger partial charge in [0.2, 0.25) is 11.7 Å². The zero-order chi connectivity index (χ0) is 15.5. The van der Waals surface area contributed by atoms with Crippen LogP contribution in [0.25, 0.3) is 11.4 Å². The van der Waals surface area contributed by atoms with Gasteiger partial charge in [-0.3, -0.25) is 4.99 Å². The van der Waals surface area contributed by atoms with Gasteiger partial charge in [0, 0.05) is 17.6 Å². The molecule has 3 rings (SSSR count). The molecule has 0 spiro atoms. The highest BCUT2D eigenvalue weighted by Gasteiger charge is 2.22. The summed E-state index contributed by atoms with van der Waals surface area (Å²) < 4.78 is 5.33. The van der Waals surface area contributed by atoms with Crippen molar-refractivity contribution in [3.8, 4) is 11.4 Å². The molecule has 1 aliphatic rings. The highest BCUT2D eigenvalue weighted by atomic mass is 35.5. The second-order valence-corrected chi connectivity index (χ2v) is 6.43. The number of nitrogens with zero attached hydrogens (tertiary/aromatic N) is 4. The minimum absolute atomic E-state index is 0.495. The van der Waals surface area contributed by atoms with Crippen molar-refractivity contribution in [2.45, 2.75) is 25.4 Å². The summed E-state index contributed by atoms with van der Waals surface area (Å²) in [4.78, 5) is 11.1. The lowest BCUT2D eigenvalue weighted by molar-refractivity contribution is 0.336. The lowest BCUT2D eigenvalue weighted by Gasteiger charge is -2.17. The molecule has 22 heavy (non-hydrogen) atoms. The summed E-state index contributed by atoms with van der Waals surface area (Å²) in [6.45, 7) is 0.542. The number of benzene rings is 1. The Morgan fingerprint density at radius 1 is 1.50 bits per heavy atom. The molecule has 116 valence electrons. The van der Waals surface area contributed by atoms with Crippen LogP contribution in [0.2, 0.25) is 5.02 Å². The van der Waals surface area contributed by atoms with Crippen molar-refractivity contribution >= 4 is 28.5 Å². The maximum Gasteiger partial charge on any atom is 0.246 e. The minimum Gasteiger partial charge on any atom is -0.345 e. The number of thioether (sulfide) groups is 1. The van der Waals surface area contributed by atoms with E-state index in [1.807, 2.05) is 42.5 Å². The fourth-order valence-electron chi connectivity index (χ4n) is 2.00. The smallest absolute Gasteiger partial charge is 0.246 e. The first kappa shape index (κ1) is 15.4. The number of hydrogen-bond acceptors (Lipinski definition) is 5. The Kier molecular flexibility index (Phi) is 4.69. The van der Waals surface area contributed by atoms with E-state index in [0.717, 1.165) is 10.7 Å². The predicted octanol–water partition coefficient (Wildman–Crippen LogP) is 3.70. The maximum atomic E-state index is 5.99. The topological polar surface area (TPSA) is 54.5 Å². The molecule has 1 aliphatic carbocycles. The van der Waals surface area contributed by atoms with E-state index in [9.17, 15) is 0 Å². The third-order valence-corrected chi connectivity index (χ3v) is 4.29. The van der Waals surface area contributed by atoms with E-state index in [1.165, 1.54) is 12.8 Å². The summed E-state index contributed by atoms with van der Waals surface area (Å²) in [5.74, 6) is 1.12. The average molecular weight is 337 g/mol. The molecule has 1 saturated carbocycles. The molecule has 1 aromatic carbocycles. The first-order valence-electron chi connectivity index (χ1n) is 7.07. The SMILES string of the molecule is CS/C(=N/C1CC1)N(C)Cc1nc(-c2cccc(Cl)c2)no1. The van der Waals surface area contributed by atoms with Gasteiger partial charge in [0.05, 0.1) is 12.6 Å². The number of hydrogen-bond donors (Lipinski definition) is 0. The highest BCUT2D eigenvalue weighted by Crippen LogP contribution is 2.26. The number of amidine groups is 1. The lowest BCUT2D eigenvalue weighted by Crippen LogP contribution is -2.24. The van der Waals surface area contributed by atoms with Crippen molar-refractivity contribution in [2.75, 3.05) is 13.3 Å². The zero-order valence-electron chi connectivity index (χ0n) is 12.5. The Bertz CT molecular complexity index is 684. The third-order valence-electron chi connectivity index (χ3n) is 3.27. The van der Waals surface area contributed by atoms with Gasteiger partial charge in [0.15, 0.2) is 5.17 Å². The monoisotopic (exact) mass is 336 g/mol. The molecule has 1 heterocycles. The fourth-order valence-corrected chi connectivity index (χ4v) is 2.82. The van der Waals surface area contributed by atoms with Crippen LogP contribution < -0.4 is 0 Å². The van der Waals surface area contributed by atoms with Crippen LogP contribution >= 0.6 is 23.4 Å². The molecule has 7 heteroatoms. The summed E-state index contributed by atoms with van der Waals surface area (Å²) in [5.41, 5.74) is 0.849. The number of aromatic nitrogens is 2. The zero-order valence-corrected chi connectivity index (χ0v) is 14.1. The predicted molar refractivity (Wildman–Crippen MR) is 90.2 cm³/mol. The van der Waals surface area contributed by atoms with Crippen LogP contribution in [-0.4, -0.2) is 39.6 Å². The van der Waals surface area contributed by atoms with Crippen LogP contribution in [0, 0.1) is 0 Å². The molecule has 0 saturated heterocycles. The Labute approximate surface area is 138 Å². The van der Waals surface area contributed by atoms with Crippen molar-refractivity contribution in [3.05, 3.63) is 35.2 Å². The molecule has 0 aliphatic heterocycles. The average Bonchev–Trinajstić information content (AvgIpc) is 3.21. The molecular formula is C15H17ClN4OS. The fraction of sp³-hybridized carbons (Fsp3) is 0.400. The Balaban J connectivity index is 1.71. The summed E-state index contributed by atoms with van der Waals surface area (Å²) in [6.07, 6.45) is 4.41. The van der Waals surface area contributed by atoms with Crippen molar-refractivity contribution in [1.82, 2.24) is 15.0 Å². The molecule has 1 aromatic heterocycles. The molecule has 0 radical (unpaired) electrons. The van der Waals surface area contributed by atoms with Crippen LogP contribution in [0.4, 0.5) is 0 Å². The quantitative estimate of drug-likeness (QED) is 0.629. The van der Waals surface area contributed by atoms with Crippen molar-refractivity contribution in [3.63, 3.8) is 0 Å². The van der Waals surface area contributed by atoms with Crippen molar-refractivity contribution in [2.24, 2.45) is 4.99 Å². The first-order chi connectivity index (χ1) is 10.7. The second kappa shape index (κ2) is 6.71. The molecule has 5 nitrogen and oxygen atoms in total. The van der Waals surface area contributed by atoms with Gasteiger partial charge >= 0.3 is 0 Å². The molecular weight excluding hydrogens is 320 g/mol. The van der Waals surface area contributed by atoms with Gasteiger partial charge in [0.25, 0.3) is 0 Å². The van der Waals surface area contributed by atoms with Crippen LogP contribution in [-0.2, 0) is 6.54 Å². The number of rotatable bonds is 4. The van der Waals surface area contributed by atoms with Crippen molar-refractivity contribution in [1.29, 1.82) is 0 Å². The molecule has 1 fully saturated rings. The van der Waals surface area contributed by atoms with Gasteiger partial charge in [-0.25, -0.2) is 0 Å². The van der Waals surface area contributed by atoms with Crippen LogP contribution in [0.5, 0.6) is 0 Å². The molecule has 0 unspecified atom stereocenters. The Morgan fingerprint density at radius 3 is 3.00 bits per heavy atom. The summed E-state index contributed by atoms with van der Waals surface area (Å²) in [5, 5.41) is 5.68. The van der Waals surface area contributed by atoms with Gasteiger partial charge < -0.3 is 9.42 Å². The molecule has 0 N–H and O–H groups in total. The highest BCUT2D eigenvalue weighted by molar-refractivity contribution is 8.13. The van der Waals surface area contributed by atoms with Crippen LogP contribution in [0.3, 0.4) is 0 Å². The van der Waals surface area contributed by atoms with Crippen LogP contribution in [0.15, 0.2) is 33.8 Å². The Morgan fingerprint density at radius 2 is 2.32 bits per heavy atom. The largest absolute Gasteiger partial charge is 0.345 e. The summed E-state index contributed by atoms with van der Waals surface area (Å²) >= 11 is 7.63.